The van der Waals surface area contributed by atoms with Gasteiger partial charge in [0.1, 0.15) is 11.5 Å². The molecule has 2 heterocycles. The summed E-state index contributed by atoms with van der Waals surface area (Å²) in [5.41, 5.74) is 1.96. The van der Waals surface area contributed by atoms with Crippen molar-refractivity contribution >= 4 is 40.5 Å². The molecule has 32 heavy (non-hydrogen) atoms. The van der Waals surface area contributed by atoms with E-state index < -0.39 is 0 Å². The summed E-state index contributed by atoms with van der Waals surface area (Å²) in [6, 6.07) is 22.8. The summed E-state index contributed by atoms with van der Waals surface area (Å²) in [5, 5.41) is 2.79. The molecule has 164 valence electrons. The third kappa shape index (κ3) is 5.86. The smallest absolute Gasteiger partial charge is 0.270 e. The Balaban J connectivity index is 1.45. The number of furan rings is 1. The molecule has 3 aromatic rings. The first kappa shape index (κ1) is 22.3. The van der Waals surface area contributed by atoms with Gasteiger partial charge in [-0.3, -0.25) is 14.5 Å². The van der Waals surface area contributed by atoms with E-state index in [1.165, 1.54) is 5.56 Å². The first-order valence-electron chi connectivity index (χ1n) is 10.5. The van der Waals surface area contributed by atoms with Crippen LogP contribution in [0.1, 0.15) is 21.7 Å². The summed E-state index contributed by atoms with van der Waals surface area (Å²) in [6.45, 7) is 3.61. The predicted octanol–water partition coefficient (Wildman–Crippen LogP) is 4.00. The molecule has 1 N–H and O–H groups in total. The number of hydrogen-bond acceptors (Lipinski definition) is 4. The number of halogens is 1. The van der Waals surface area contributed by atoms with Crippen LogP contribution in [-0.4, -0.2) is 47.8 Å². The van der Waals surface area contributed by atoms with E-state index in [-0.39, 0.29) is 17.5 Å². The zero-order valence-corrected chi connectivity index (χ0v) is 19.7. The van der Waals surface area contributed by atoms with Crippen molar-refractivity contribution in [1.29, 1.82) is 0 Å². The Labute approximate surface area is 201 Å². The van der Waals surface area contributed by atoms with Gasteiger partial charge >= 0.3 is 0 Å². The van der Waals surface area contributed by atoms with Crippen LogP contribution in [0.5, 0.6) is 0 Å². The Bertz CT molecular complexity index is 1090. The minimum Gasteiger partial charge on any atom is -0.451 e. The highest BCUT2D eigenvalue weighted by molar-refractivity contribution is 14.1. The molecular weight excluding hydrogens is 517 g/mol. The number of nitrogens with one attached hydrogen (secondary N) is 1. The van der Waals surface area contributed by atoms with Gasteiger partial charge in [0.15, 0.2) is 3.77 Å². The van der Waals surface area contributed by atoms with Gasteiger partial charge in [-0.1, -0.05) is 48.5 Å². The molecule has 4 rings (SSSR count). The van der Waals surface area contributed by atoms with Crippen LogP contribution in [0, 0.1) is 3.77 Å². The maximum absolute atomic E-state index is 13.3. The number of amides is 2. The number of carbonyl (C=O) groups excluding carboxylic acids is 2. The molecule has 1 aromatic heterocycles. The fourth-order valence-electron chi connectivity index (χ4n) is 3.60. The van der Waals surface area contributed by atoms with Crippen molar-refractivity contribution in [3.63, 3.8) is 0 Å². The minimum absolute atomic E-state index is 0.208. The summed E-state index contributed by atoms with van der Waals surface area (Å²) in [5.74, 6) is -0.0111. The SMILES string of the molecule is O=C(NC(=Cc1ccc(I)o1)C(=O)N1CCN(Cc2ccccc2)CC1)c1ccccc1. The fraction of sp³-hybridized carbons (Fsp3) is 0.200. The van der Waals surface area contributed by atoms with Gasteiger partial charge in [0.2, 0.25) is 0 Å². The van der Waals surface area contributed by atoms with E-state index in [1.807, 2.05) is 30.3 Å². The highest BCUT2D eigenvalue weighted by Gasteiger charge is 2.25. The zero-order chi connectivity index (χ0) is 22.3. The molecule has 2 amide bonds. The lowest BCUT2D eigenvalue weighted by atomic mass is 10.2. The lowest BCUT2D eigenvalue weighted by Gasteiger charge is -2.35. The van der Waals surface area contributed by atoms with Gasteiger partial charge in [0, 0.05) is 44.4 Å². The molecule has 0 aliphatic carbocycles. The average molecular weight is 541 g/mol. The van der Waals surface area contributed by atoms with E-state index in [0.29, 0.717) is 28.2 Å². The van der Waals surface area contributed by atoms with Crippen LogP contribution in [0.25, 0.3) is 6.08 Å². The first-order chi connectivity index (χ1) is 15.6. The molecule has 0 atom stereocenters. The van der Waals surface area contributed by atoms with Gasteiger partial charge < -0.3 is 14.6 Å². The van der Waals surface area contributed by atoms with Crippen molar-refractivity contribution in [2.45, 2.75) is 6.54 Å². The monoisotopic (exact) mass is 541 g/mol. The summed E-state index contributed by atoms with van der Waals surface area (Å²) in [4.78, 5) is 30.2. The Kier molecular flexibility index (Phi) is 7.39. The summed E-state index contributed by atoms with van der Waals surface area (Å²) in [7, 11) is 0. The number of carbonyl (C=O) groups is 2. The fourth-order valence-corrected chi connectivity index (χ4v) is 4.04. The van der Waals surface area contributed by atoms with Crippen molar-refractivity contribution in [2.75, 3.05) is 26.2 Å². The van der Waals surface area contributed by atoms with Gasteiger partial charge in [-0.15, -0.1) is 0 Å². The quantitative estimate of drug-likeness (QED) is 0.379. The Morgan fingerprint density at radius 2 is 1.56 bits per heavy atom. The van der Waals surface area contributed by atoms with Crippen LogP contribution in [0.15, 0.2) is 82.9 Å². The maximum Gasteiger partial charge on any atom is 0.270 e. The van der Waals surface area contributed by atoms with Gasteiger partial charge in [-0.05, 0) is 52.4 Å². The van der Waals surface area contributed by atoms with Crippen LogP contribution in [-0.2, 0) is 11.3 Å². The van der Waals surface area contributed by atoms with Crippen molar-refractivity contribution in [3.8, 4) is 0 Å². The predicted molar refractivity (Wildman–Crippen MR) is 132 cm³/mol. The van der Waals surface area contributed by atoms with Gasteiger partial charge in [0.25, 0.3) is 11.8 Å². The summed E-state index contributed by atoms with van der Waals surface area (Å²) >= 11 is 2.07. The molecule has 1 fully saturated rings. The number of hydrogen-bond donors (Lipinski definition) is 1. The van der Waals surface area contributed by atoms with Gasteiger partial charge in [-0.2, -0.15) is 0 Å². The Morgan fingerprint density at radius 3 is 2.19 bits per heavy atom. The maximum atomic E-state index is 13.3. The van der Waals surface area contributed by atoms with Crippen molar-refractivity contribution in [2.24, 2.45) is 0 Å². The molecule has 6 nitrogen and oxygen atoms in total. The van der Waals surface area contributed by atoms with E-state index in [1.54, 1.807) is 41.3 Å². The highest BCUT2D eigenvalue weighted by Crippen LogP contribution is 2.16. The summed E-state index contributed by atoms with van der Waals surface area (Å²) < 4.78 is 6.31. The molecule has 0 bridgehead atoms. The zero-order valence-electron chi connectivity index (χ0n) is 17.5. The van der Waals surface area contributed by atoms with E-state index in [0.717, 1.165) is 19.6 Å². The molecule has 1 aliphatic rings. The van der Waals surface area contributed by atoms with Crippen molar-refractivity contribution in [3.05, 3.63) is 99.1 Å². The second-order valence-electron chi connectivity index (χ2n) is 7.57. The van der Waals surface area contributed by atoms with Crippen LogP contribution in [0.4, 0.5) is 0 Å². The van der Waals surface area contributed by atoms with E-state index in [4.69, 9.17) is 4.42 Å². The van der Waals surface area contributed by atoms with Crippen LogP contribution >= 0.6 is 22.6 Å². The number of piperazine rings is 1. The number of nitrogens with zero attached hydrogens (tertiary/aromatic N) is 2. The lowest BCUT2D eigenvalue weighted by Crippen LogP contribution is -2.50. The average Bonchev–Trinajstić information content (AvgIpc) is 3.24. The van der Waals surface area contributed by atoms with E-state index >= 15 is 0 Å². The van der Waals surface area contributed by atoms with Gasteiger partial charge in [-0.25, -0.2) is 0 Å². The molecule has 0 spiro atoms. The second-order valence-corrected chi connectivity index (χ2v) is 8.64. The Morgan fingerprint density at radius 1 is 0.906 bits per heavy atom. The molecule has 2 aromatic carbocycles. The van der Waals surface area contributed by atoms with Crippen LogP contribution in [0.2, 0.25) is 0 Å². The highest BCUT2D eigenvalue weighted by atomic mass is 127. The lowest BCUT2D eigenvalue weighted by molar-refractivity contribution is -0.129. The summed E-state index contributed by atoms with van der Waals surface area (Å²) in [6.07, 6.45) is 1.60. The molecule has 1 aliphatic heterocycles. The normalized spacial score (nSPS) is 14.9. The van der Waals surface area contributed by atoms with Crippen molar-refractivity contribution < 1.29 is 14.0 Å². The molecule has 1 saturated heterocycles. The van der Waals surface area contributed by atoms with Crippen LogP contribution in [0.3, 0.4) is 0 Å². The molecular formula is C25H24IN3O3. The Hall–Kier alpha value is -2.91. The topological polar surface area (TPSA) is 65.8 Å². The number of rotatable bonds is 6. The first-order valence-corrected chi connectivity index (χ1v) is 11.6. The van der Waals surface area contributed by atoms with Crippen molar-refractivity contribution in [1.82, 2.24) is 15.1 Å². The molecule has 7 heteroatoms. The standard InChI is InChI=1S/C25H24IN3O3/c26-23-12-11-21(32-23)17-22(27-24(30)20-9-5-2-6-10-20)25(31)29-15-13-28(14-16-29)18-19-7-3-1-4-8-19/h1-12,17H,13-16,18H2,(H,27,30). The minimum atomic E-state index is -0.325. The molecule has 0 radical (unpaired) electrons. The van der Waals surface area contributed by atoms with E-state index in [2.05, 4.69) is 44.9 Å². The third-order valence-corrected chi connectivity index (χ3v) is 5.88. The van der Waals surface area contributed by atoms with Gasteiger partial charge in [0.05, 0.1) is 0 Å². The molecule has 0 saturated carbocycles. The molecule has 0 unspecified atom stereocenters. The van der Waals surface area contributed by atoms with Crippen LogP contribution < -0.4 is 5.32 Å². The number of benzene rings is 2. The second kappa shape index (κ2) is 10.6. The largest absolute Gasteiger partial charge is 0.451 e. The van der Waals surface area contributed by atoms with E-state index in [9.17, 15) is 9.59 Å². The third-order valence-electron chi connectivity index (χ3n) is 5.30.